The highest BCUT2D eigenvalue weighted by molar-refractivity contribution is 9.09. The van der Waals surface area contributed by atoms with Gasteiger partial charge < -0.3 is 0 Å². The monoisotopic (exact) mass is 298 g/mol. The first-order chi connectivity index (χ1) is 7.75. The van der Waals surface area contributed by atoms with Gasteiger partial charge in [-0.2, -0.15) is 0 Å². The van der Waals surface area contributed by atoms with E-state index in [1.807, 2.05) is 12.1 Å². The molecule has 0 spiro atoms. The largest absolute Gasteiger partial charge is 0.0884 e. The molecule has 1 aromatic rings. The number of benzene rings is 1. The van der Waals surface area contributed by atoms with Crippen molar-refractivity contribution in [2.75, 3.05) is 0 Å². The topological polar surface area (TPSA) is 0 Å². The van der Waals surface area contributed by atoms with Crippen LogP contribution >= 0.6 is 27.5 Å². The molecule has 2 heteroatoms. The van der Waals surface area contributed by atoms with Gasteiger partial charge in [0.05, 0.1) is 0 Å². The van der Waals surface area contributed by atoms with Crippen LogP contribution in [0.1, 0.15) is 24.8 Å². The van der Waals surface area contributed by atoms with Crippen molar-refractivity contribution in [1.29, 1.82) is 0 Å². The Bertz CT molecular complexity index is 380. The molecule has 3 atom stereocenters. The maximum atomic E-state index is 6.00. The van der Waals surface area contributed by atoms with E-state index >= 15 is 0 Å². The van der Waals surface area contributed by atoms with Crippen molar-refractivity contribution in [3.8, 4) is 0 Å². The average Bonchev–Trinajstić information content (AvgIpc) is 2.73. The van der Waals surface area contributed by atoms with Crippen molar-refractivity contribution < 1.29 is 0 Å². The molecule has 0 bridgehead atoms. The summed E-state index contributed by atoms with van der Waals surface area (Å²) >= 11 is 9.88. The van der Waals surface area contributed by atoms with Gasteiger partial charge in [0, 0.05) is 9.85 Å². The summed E-state index contributed by atoms with van der Waals surface area (Å²) in [7, 11) is 0. The Hall–Kier alpha value is -0.0100. The van der Waals surface area contributed by atoms with E-state index in [2.05, 4.69) is 28.1 Å². The van der Waals surface area contributed by atoms with Crippen LogP contribution in [-0.4, -0.2) is 4.83 Å². The zero-order chi connectivity index (χ0) is 11.1. The lowest BCUT2D eigenvalue weighted by atomic mass is 10.0. The van der Waals surface area contributed by atoms with Gasteiger partial charge in [0.25, 0.3) is 0 Å². The van der Waals surface area contributed by atoms with Crippen molar-refractivity contribution in [2.45, 2.75) is 30.5 Å². The van der Waals surface area contributed by atoms with Crippen molar-refractivity contribution in [3.05, 3.63) is 34.9 Å². The molecule has 0 aromatic heterocycles. The molecule has 2 aliphatic carbocycles. The predicted octanol–water partition coefficient (Wildman–Crippen LogP) is 4.69. The molecule has 0 radical (unpaired) electrons. The summed E-state index contributed by atoms with van der Waals surface area (Å²) in [5.74, 6) is 3.00. The van der Waals surface area contributed by atoms with E-state index in [-0.39, 0.29) is 0 Å². The molecule has 16 heavy (non-hydrogen) atoms. The average molecular weight is 300 g/mol. The van der Waals surface area contributed by atoms with Gasteiger partial charge in [-0.1, -0.05) is 46.1 Å². The second-order valence-electron chi connectivity index (χ2n) is 5.19. The Morgan fingerprint density at radius 1 is 1.31 bits per heavy atom. The molecule has 1 aromatic carbocycles. The van der Waals surface area contributed by atoms with E-state index in [0.29, 0.717) is 4.83 Å². The molecule has 86 valence electrons. The molecule has 2 saturated carbocycles. The van der Waals surface area contributed by atoms with Crippen molar-refractivity contribution >= 4 is 27.5 Å². The maximum Gasteiger partial charge on any atom is 0.0408 e. The van der Waals surface area contributed by atoms with Gasteiger partial charge in [-0.15, -0.1) is 0 Å². The van der Waals surface area contributed by atoms with Crippen molar-refractivity contribution in [1.82, 2.24) is 0 Å². The van der Waals surface area contributed by atoms with E-state index < -0.39 is 0 Å². The van der Waals surface area contributed by atoms with E-state index in [4.69, 9.17) is 11.6 Å². The summed E-state index contributed by atoms with van der Waals surface area (Å²) in [5.41, 5.74) is 1.36. The van der Waals surface area contributed by atoms with Gasteiger partial charge in [-0.3, -0.25) is 0 Å². The molecule has 2 fully saturated rings. The summed E-state index contributed by atoms with van der Waals surface area (Å²) in [5, 5.41) is 0.855. The lowest BCUT2D eigenvalue weighted by molar-refractivity contribution is 0.569. The summed E-state index contributed by atoms with van der Waals surface area (Å²) in [6.07, 6.45) is 5.51. The second-order valence-corrected chi connectivity index (χ2v) is 6.80. The third-order valence-electron chi connectivity index (χ3n) is 4.21. The van der Waals surface area contributed by atoms with Gasteiger partial charge in [-0.05, 0) is 54.7 Å². The summed E-state index contributed by atoms with van der Waals surface area (Å²) in [6.45, 7) is 0. The first-order valence-corrected chi connectivity index (χ1v) is 7.43. The fourth-order valence-electron chi connectivity index (χ4n) is 3.44. The van der Waals surface area contributed by atoms with E-state index in [9.17, 15) is 0 Å². The molecule has 2 aliphatic rings. The highest BCUT2D eigenvalue weighted by Crippen LogP contribution is 2.60. The van der Waals surface area contributed by atoms with E-state index in [1.165, 1.54) is 24.8 Å². The molecule has 3 rings (SSSR count). The molecule has 0 heterocycles. The standard InChI is InChI=1S/C14H16BrCl/c15-13(14-11-5-2-6-12(11)14)8-9-3-1-4-10(16)7-9/h1,3-4,7,11-14H,2,5-6,8H2. The Balaban J connectivity index is 1.63. The molecular formula is C14H16BrCl. The summed E-state index contributed by atoms with van der Waals surface area (Å²) in [6, 6.07) is 8.26. The molecule has 0 amide bonds. The highest BCUT2D eigenvalue weighted by atomic mass is 79.9. The predicted molar refractivity (Wildman–Crippen MR) is 72.2 cm³/mol. The Kier molecular flexibility index (Phi) is 3.01. The SMILES string of the molecule is Clc1cccc(CC(Br)C2C3CCCC32)c1. The van der Waals surface area contributed by atoms with E-state index in [1.54, 1.807) is 0 Å². The molecule has 0 N–H and O–H groups in total. The summed E-state index contributed by atoms with van der Waals surface area (Å²) in [4.78, 5) is 0.654. The van der Waals surface area contributed by atoms with Gasteiger partial charge in [0.2, 0.25) is 0 Å². The molecule has 0 saturated heterocycles. The van der Waals surface area contributed by atoms with Gasteiger partial charge in [0.1, 0.15) is 0 Å². The van der Waals surface area contributed by atoms with E-state index in [0.717, 1.165) is 29.2 Å². The smallest absolute Gasteiger partial charge is 0.0408 e. The highest BCUT2D eigenvalue weighted by Gasteiger charge is 2.54. The van der Waals surface area contributed by atoms with Crippen LogP contribution < -0.4 is 0 Å². The first-order valence-electron chi connectivity index (χ1n) is 6.14. The van der Waals surface area contributed by atoms with Crippen LogP contribution in [-0.2, 0) is 6.42 Å². The maximum absolute atomic E-state index is 6.00. The number of hydrogen-bond acceptors (Lipinski definition) is 0. The normalized spacial score (nSPS) is 33.5. The number of alkyl halides is 1. The zero-order valence-corrected chi connectivity index (χ0v) is 11.5. The van der Waals surface area contributed by atoms with Crippen LogP contribution in [0.3, 0.4) is 0 Å². The van der Waals surface area contributed by atoms with Gasteiger partial charge in [-0.25, -0.2) is 0 Å². The minimum atomic E-state index is 0.654. The molecular weight excluding hydrogens is 284 g/mol. The second kappa shape index (κ2) is 4.34. The minimum Gasteiger partial charge on any atom is -0.0884 e. The number of hydrogen-bond donors (Lipinski definition) is 0. The first kappa shape index (κ1) is 11.1. The lowest BCUT2D eigenvalue weighted by Gasteiger charge is -2.12. The molecule has 0 nitrogen and oxygen atoms in total. The minimum absolute atomic E-state index is 0.654. The zero-order valence-electron chi connectivity index (χ0n) is 9.20. The number of rotatable bonds is 3. The third kappa shape index (κ3) is 2.04. The molecule has 3 unspecified atom stereocenters. The van der Waals surface area contributed by atoms with Crippen LogP contribution in [0.15, 0.2) is 24.3 Å². The van der Waals surface area contributed by atoms with Gasteiger partial charge in [0.15, 0.2) is 0 Å². The Morgan fingerprint density at radius 3 is 2.75 bits per heavy atom. The quantitative estimate of drug-likeness (QED) is 0.710. The lowest BCUT2D eigenvalue weighted by Crippen LogP contribution is -2.09. The Labute approximate surface area is 111 Å². The summed E-state index contributed by atoms with van der Waals surface area (Å²) < 4.78 is 0. The van der Waals surface area contributed by atoms with Crippen LogP contribution in [0, 0.1) is 17.8 Å². The van der Waals surface area contributed by atoms with Crippen LogP contribution in [0.4, 0.5) is 0 Å². The Morgan fingerprint density at radius 2 is 2.06 bits per heavy atom. The number of fused-ring (bicyclic) bond motifs is 1. The fourth-order valence-corrected chi connectivity index (χ4v) is 4.81. The third-order valence-corrected chi connectivity index (χ3v) is 5.38. The van der Waals surface area contributed by atoms with Crippen molar-refractivity contribution in [3.63, 3.8) is 0 Å². The number of halogens is 2. The van der Waals surface area contributed by atoms with Crippen LogP contribution in [0.25, 0.3) is 0 Å². The van der Waals surface area contributed by atoms with Crippen LogP contribution in [0.2, 0.25) is 5.02 Å². The van der Waals surface area contributed by atoms with Crippen LogP contribution in [0.5, 0.6) is 0 Å². The van der Waals surface area contributed by atoms with Crippen molar-refractivity contribution in [2.24, 2.45) is 17.8 Å². The van der Waals surface area contributed by atoms with Gasteiger partial charge >= 0.3 is 0 Å². The molecule has 0 aliphatic heterocycles. The fraction of sp³-hybridized carbons (Fsp3) is 0.571.